The molecule has 100 valence electrons. The molecule has 3 N–H and O–H groups in total. The van der Waals surface area contributed by atoms with Crippen molar-refractivity contribution < 1.29 is 9.18 Å². The molecule has 2 rings (SSSR count). The summed E-state index contributed by atoms with van der Waals surface area (Å²) in [7, 11) is 0. The van der Waals surface area contributed by atoms with Crippen molar-refractivity contribution in [3.63, 3.8) is 0 Å². The number of nitrogen functional groups attached to an aromatic ring is 1. The van der Waals surface area contributed by atoms with Crippen LogP contribution in [0.5, 0.6) is 0 Å². The number of carbonyl (C=O) groups excluding carboxylic acids is 1. The van der Waals surface area contributed by atoms with Crippen LogP contribution < -0.4 is 11.1 Å². The van der Waals surface area contributed by atoms with Gasteiger partial charge in [-0.2, -0.15) is 0 Å². The molecule has 0 aliphatic heterocycles. The van der Waals surface area contributed by atoms with E-state index < -0.39 is 5.82 Å². The average molecular weight is 278 g/mol. The minimum Gasteiger partial charge on any atom is -0.396 e. The third-order valence-electron chi connectivity index (χ3n) is 2.69. The Morgan fingerprint density at radius 2 is 2.21 bits per heavy atom. The van der Waals surface area contributed by atoms with E-state index in [1.807, 2.05) is 11.4 Å². The number of benzene rings is 1. The Kier molecular flexibility index (Phi) is 4.52. The van der Waals surface area contributed by atoms with Crippen LogP contribution >= 0.6 is 11.3 Å². The van der Waals surface area contributed by atoms with E-state index in [2.05, 4.69) is 11.4 Å². The fourth-order valence-corrected chi connectivity index (χ4v) is 2.47. The highest BCUT2D eigenvalue weighted by Crippen LogP contribution is 2.17. The topological polar surface area (TPSA) is 55.1 Å². The minimum atomic E-state index is -0.476. The van der Waals surface area contributed by atoms with Gasteiger partial charge in [-0.15, -0.1) is 11.3 Å². The lowest BCUT2D eigenvalue weighted by Gasteiger charge is -2.06. The molecule has 0 spiro atoms. The number of thiophene rings is 1. The highest BCUT2D eigenvalue weighted by atomic mass is 32.1. The highest BCUT2D eigenvalue weighted by molar-refractivity contribution is 7.09. The smallest absolute Gasteiger partial charge is 0.224 e. The number of hydrogen-bond donors (Lipinski definition) is 2. The quantitative estimate of drug-likeness (QED) is 0.823. The van der Waals surface area contributed by atoms with Crippen molar-refractivity contribution in [2.24, 2.45) is 0 Å². The molecule has 0 bridgehead atoms. The van der Waals surface area contributed by atoms with Crippen LogP contribution in [0.4, 0.5) is 15.8 Å². The van der Waals surface area contributed by atoms with Crippen molar-refractivity contribution in [3.8, 4) is 0 Å². The Morgan fingerprint density at radius 1 is 1.37 bits per heavy atom. The molecule has 19 heavy (non-hydrogen) atoms. The maximum absolute atomic E-state index is 13.0. The lowest BCUT2D eigenvalue weighted by atomic mass is 10.2. The summed E-state index contributed by atoms with van der Waals surface area (Å²) in [4.78, 5) is 13.0. The molecule has 0 radical (unpaired) electrons. The largest absolute Gasteiger partial charge is 0.396 e. The van der Waals surface area contributed by atoms with Gasteiger partial charge in [0, 0.05) is 17.0 Å². The number of amides is 1. The molecule has 0 unspecified atom stereocenters. The third kappa shape index (κ3) is 4.06. The second-order valence-corrected chi connectivity index (χ2v) is 5.25. The standard InChI is InChI=1S/C14H15FN2OS/c15-12-7-6-10(9-13(12)16)17-14(18)5-1-3-11-4-2-8-19-11/h2,4,6-9H,1,3,5,16H2,(H,17,18). The van der Waals surface area contributed by atoms with Gasteiger partial charge >= 0.3 is 0 Å². The first-order chi connectivity index (χ1) is 9.15. The van der Waals surface area contributed by atoms with E-state index in [9.17, 15) is 9.18 Å². The van der Waals surface area contributed by atoms with Gasteiger partial charge in [-0.05, 0) is 42.5 Å². The molecule has 0 aliphatic carbocycles. The first kappa shape index (κ1) is 13.5. The van der Waals surface area contributed by atoms with Crippen molar-refractivity contribution in [1.82, 2.24) is 0 Å². The van der Waals surface area contributed by atoms with Crippen molar-refractivity contribution in [1.29, 1.82) is 0 Å². The Labute approximate surface area is 115 Å². The number of hydrogen-bond acceptors (Lipinski definition) is 3. The first-order valence-electron chi connectivity index (χ1n) is 6.02. The van der Waals surface area contributed by atoms with Crippen LogP contribution in [0, 0.1) is 5.82 Å². The Bertz CT molecular complexity index is 555. The summed E-state index contributed by atoms with van der Waals surface area (Å²) in [5.74, 6) is -0.557. The summed E-state index contributed by atoms with van der Waals surface area (Å²) >= 11 is 1.69. The predicted molar refractivity (Wildman–Crippen MR) is 76.7 cm³/mol. The molecule has 2 aromatic rings. The van der Waals surface area contributed by atoms with Crippen molar-refractivity contribution in [3.05, 3.63) is 46.4 Å². The van der Waals surface area contributed by atoms with Crippen LogP contribution in [0.15, 0.2) is 35.7 Å². The number of halogens is 1. The van der Waals surface area contributed by atoms with Gasteiger partial charge in [0.1, 0.15) is 5.82 Å². The number of nitrogens with two attached hydrogens (primary N) is 1. The van der Waals surface area contributed by atoms with Gasteiger partial charge in [0.15, 0.2) is 0 Å². The molecule has 1 aromatic carbocycles. The number of aryl methyl sites for hydroxylation is 1. The summed E-state index contributed by atoms with van der Waals surface area (Å²) in [6.07, 6.45) is 2.13. The molecular weight excluding hydrogens is 263 g/mol. The minimum absolute atomic E-state index is 0.0383. The lowest BCUT2D eigenvalue weighted by Crippen LogP contribution is -2.11. The number of anilines is 2. The van der Waals surface area contributed by atoms with Gasteiger partial charge in [-0.1, -0.05) is 6.07 Å². The average Bonchev–Trinajstić information content (AvgIpc) is 2.87. The maximum atomic E-state index is 13.0. The third-order valence-corrected chi connectivity index (χ3v) is 3.62. The Balaban J connectivity index is 1.79. The van der Waals surface area contributed by atoms with Crippen molar-refractivity contribution in [2.45, 2.75) is 19.3 Å². The van der Waals surface area contributed by atoms with Crippen LogP contribution in [0.3, 0.4) is 0 Å². The zero-order valence-electron chi connectivity index (χ0n) is 10.4. The highest BCUT2D eigenvalue weighted by Gasteiger charge is 2.05. The van der Waals surface area contributed by atoms with Gasteiger partial charge < -0.3 is 11.1 Å². The maximum Gasteiger partial charge on any atom is 0.224 e. The molecule has 0 aliphatic rings. The number of rotatable bonds is 5. The SMILES string of the molecule is Nc1cc(NC(=O)CCCc2cccs2)ccc1F. The molecule has 0 saturated heterocycles. The molecule has 3 nitrogen and oxygen atoms in total. The molecule has 0 fully saturated rings. The second-order valence-electron chi connectivity index (χ2n) is 4.22. The van der Waals surface area contributed by atoms with Crippen LogP contribution in [0.25, 0.3) is 0 Å². The first-order valence-corrected chi connectivity index (χ1v) is 6.90. The van der Waals surface area contributed by atoms with E-state index in [-0.39, 0.29) is 11.6 Å². The summed E-state index contributed by atoms with van der Waals surface area (Å²) in [5, 5.41) is 4.73. The summed E-state index contributed by atoms with van der Waals surface area (Å²) in [5.41, 5.74) is 6.00. The zero-order chi connectivity index (χ0) is 13.7. The summed E-state index contributed by atoms with van der Waals surface area (Å²) < 4.78 is 13.0. The van der Waals surface area contributed by atoms with Crippen LogP contribution in [0.1, 0.15) is 17.7 Å². The van der Waals surface area contributed by atoms with Gasteiger partial charge in [-0.3, -0.25) is 4.79 Å². The van der Waals surface area contributed by atoms with E-state index in [1.54, 1.807) is 11.3 Å². The lowest BCUT2D eigenvalue weighted by molar-refractivity contribution is -0.116. The molecular formula is C14H15FN2OS. The Hall–Kier alpha value is -1.88. The number of nitrogens with one attached hydrogen (secondary N) is 1. The zero-order valence-corrected chi connectivity index (χ0v) is 11.2. The van der Waals surface area contributed by atoms with Gasteiger partial charge in [0.2, 0.25) is 5.91 Å². The van der Waals surface area contributed by atoms with E-state index in [0.717, 1.165) is 12.8 Å². The van der Waals surface area contributed by atoms with E-state index in [4.69, 9.17) is 5.73 Å². The monoisotopic (exact) mass is 278 g/mol. The van der Waals surface area contributed by atoms with E-state index in [0.29, 0.717) is 12.1 Å². The normalized spacial score (nSPS) is 10.4. The molecule has 5 heteroatoms. The number of carbonyl (C=O) groups is 1. The molecule has 0 saturated carbocycles. The van der Waals surface area contributed by atoms with Crippen molar-refractivity contribution >= 4 is 28.6 Å². The summed E-state index contributed by atoms with van der Waals surface area (Å²) in [6, 6.07) is 8.23. The van der Waals surface area contributed by atoms with Crippen LogP contribution in [0.2, 0.25) is 0 Å². The molecule has 0 atom stereocenters. The van der Waals surface area contributed by atoms with Crippen LogP contribution in [-0.4, -0.2) is 5.91 Å². The molecule has 1 amide bonds. The van der Waals surface area contributed by atoms with E-state index >= 15 is 0 Å². The Morgan fingerprint density at radius 3 is 2.89 bits per heavy atom. The summed E-state index contributed by atoms with van der Waals surface area (Å²) in [6.45, 7) is 0. The fourth-order valence-electron chi connectivity index (χ4n) is 1.72. The van der Waals surface area contributed by atoms with Gasteiger partial charge in [-0.25, -0.2) is 4.39 Å². The van der Waals surface area contributed by atoms with Gasteiger partial charge in [0.05, 0.1) is 5.69 Å². The van der Waals surface area contributed by atoms with Gasteiger partial charge in [0.25, 0.3) is 0 Å². The molecule has 1 heterocycles. The predicted octanol–water partition coefficient (Wildman–Crippen LogP) is 3.43. The second kappa shape index (κ2) is 6.33. The molecule has 1 aromatic heterocycles. The van der Waals surface area contributed by atoms with Crippen LogP contribution in [-0.2, 0) is 11.2 Å². The van der Waals surface area contributed by atoms with Crippen molar-refractivity contribution in [2.75, 3.05) is 11.1 Å². The van der Waals surface area contributed by atoms with E-state index in [1.165, 1.54) is 23.1 Å². The fraction of sp³-hybridized carbons (Fsp3) is 0.214.